The van der Waals surface area contributed by atoms with Crippen molar-refractivity contribution in [1.82, 2.24) is 10.2 Å². The van der Waals surface area contributed by atoms with Crippen LogP contribution in [0.3, 0.4) is 0 Å². The number of carboxylic acids is 1. The molecule has 0 radical (unpaired) electrons. The minimum absolute atomic E-state index is 0.0480. The van der Waals surface area contributed by atoms with E-state index in [2.05, 4.69) is 10.1 Å². The van der Waals surface area contributed by atoms with Crippen molar-refractivity contribution in [2.75, 3.05) is 20.2 Å². The van der Waals surface area contributed by atoms with Gasteiger partial charge in [-0.3, -0.25) is 9.59 Å². The van der Waals surface area contributed by atoms with E-state index in [9.17, 15) is 14.4 Å². The first-order valence-corrected chi connectivity index (χ1v) is 6.67. The fraction of sp³-hybridized carbons (Fsp3) is 0.769. The lowest BCUT2D eigenvalue weighted by Crippen LogP contribution is -2.48. The molecule has 7 heteroatoms. The van der Waals surface area contributed by atoms with Crippen molar-refractivity contribution in [3.05, 3.63) is 0 Å². The van der Waals surface area contributed by atoms with Gasteiger partial charge in [0.2, 0.25) is 0 Å². The highest BCUT2D eigenvalue weighted by Crippen LogP contribution is 2.06. The molecule has 0 rings (SSSR count). The summed E-state index contributed by atoms with van der Waals surface area (Å²) in [4.78, 5) is 35.5. The van der Waals surface area contributed by atoms with E-state index in [4.69, 9.17) is 5.11 Å². The first-order valence-electron chi connectivity index (χ1n) is 6.67. The first-order chi connectivity index (χ1) is 9.33. The monoisotopic (exact) mass is 288 g/mol. The van der Waals surface area contributed by atoms with E-state index in [1.807, 2.05) is 6.92 Å². The molecule has 0 saturated carbocycles. The van der Waals surface area contributed by atoms with Gasteiger partial charge in [0.1, 0.15) is 6.54 Å². The smallest absolute Gasteiger partial charge is 0.325 e. The number of hydrogen-bond donors (Lipinski definition) is 2. The number of urea groups is 1. The third kappa shape index (κ3) is 6.40. The lowest BCUT2D eigenvalue weighted by Gasteiger charge is -2.26. The van der Waals surface area contributed by atoms with Crippen LogP contribution in [0.2, 0.25) is 0 Å². The summed E-state index contributed by atoms with van der Waals surface area (Å²) >= 11 is 0. The number of ether oxygens (including phenoxy) is 1. The SMILES string of the molecule is CCCC(CNC(=O)N(CC(=O)OC)C(C)C)C(=O)O. The maximum Gasteiger partial charge on any atom is 0.325 e. The van der Waals surface area contributed by atoms with Crippen molar-refractivity contribution in [1.29, 1.82) is 0 Å². The molecule has 0 aromatic carbocycles. The molecule has 0 saturated heterocycles. The normalized spacial score (nSPS) is 11.8. The van der Waals surface area contributed by atoms with Gasteiger partial charge >= 0.3 is 18.0 Å². The van der Waals surface area contributed by atoms with Crippen molar-refractivity contribution >= 4 is 18.0 Å². The fourth-order valence-electron chi connectivity index (χ4n) is 1.67. The van der Waals surface area contributed by atoms with E-state index < -0.39 is 23.9 Å². The summed E-state index contributed by atoms with van der Waals surface area (Å²) in [7, 11) is 1.25. The van der Waals surface area contributed by atoms with Crippen LogP contribution < -0.4 is 5.32 Å². The lowest BCUT2D eigenvalue weighted by molar-refractivity contribution is -0.142. The van der Waals surface area contributed by atoms with E-state index >= 15 is 0 Å². The van der Waals surface area contributed by atoms with E-state index in [0.29, 0.717) is 6.42 Å². The first kappa shape index (κ1) is 18.2. The topological polar surface area (TPSA) is 95.9 Å². The Balaban J connectivity index is 4.52. The van der Waals surface area contributed by atoms with Crippen LogP contribution in [-0.2, 0) is 14.3 Å². The van der Waals surface area contributed by atoms with E-state index in [1.54, 1.807) is 13.8 Å². The summed E-state index contributed by atoms with van der Waals surface area (Å²) in [6.45, 7) is 5.31. The van der Waals surface area contributed by atoms with Crippen LogP contribution in [0, 0.1) is 5.92 Å². The van der Waals surface area contributed by atoms with Crippen molar-refractivity contribution < 1.29 is 24.2 Å². The highest BCUT2D eigenvalue weighted by Gasteiger charge is 2.23. The Morgan fingerprint density at radius 1 is 1.30 bits per heavy atom. The molecular formula is C13H24N2O5. The second kappa shape index (κ2) is 9.17. The number of carbonyl (C=O) groups is 3. The van der Waals surface area contributed by atoms with Gasteiger partial charge in [-0.2, -0.15) is 0 Å². The number of hydrogen-bond acceptors (Lipinski definition) is 4. The van der Waals surface area contributed by atoms with Gasteiger partial charge in [0.05, 0.1) is 13.0 Å². The predicted molar refractivity (Wildman–Crippen MR) is 73.3 cm³/mol. The number of esters is 1. The van der Waals surface area contributed by atoms with Gasteiger partial charge in [-0.25, -0.2) is 4.79 Å². The number of nitrogens with one attached hydrogen (secondary N) is 1. The standard InChI is InChI=1S/C13H24N2O5/c1-5-6-10(12(17)18)7-14-13(19)15(9(2)3)8-11(16)20-4/h9-10H,5-8H2,1-4H3,(H,14,19)(H,17,18). The third-order valence-corrected chi connectivity index (χ3v) is 2.90. The van der Waals surface area contributed by atoms with Crippen LogP contribution in [0.4, 0.5) is 4.79 Å². The maximum atomic E-state index is 12.0. The second-order valence-electron chi connectivity index (χ2n) is 4.81. The molecule has 0 aliphatic rings. The minimum atomic E-state index is -0.934. The number of nitrogens with zero attached hydrogens (tertiary/aromatic N) is 1. The van der Waals surface area contributed by atoms with Gasteiger partial charge in [-0.1, -0.05) is 13.3 Å². The molecular weight excluding hydrogens is 264 g/mol. The summed E-state index contributed by atoms with van der Waals surface area (Å²) < 4.78 is 4.53. The summed E-state index contributed by atoms with van der Waals surface area (Å²) in [5, 5.41) is 11.6. The zero-order valence-corrected chi connectivity index (χ0v) is 12.5. The van der Waals surface area contributed by atoms with Crippen molar-refractivity contribution in [3.63, 3.8) is 0 Å². The molecule has 7 nitrogen and oxygen atoms in total. The summed E-state index contributed by atoms with van der Waals surface area (Å²) in [6, 6.07) is -0.656. The third-order valence-electron chi connectivity index (χ3n) is 2.90. The second-order valence-corrected chi connectivity index (χ2v) is 4.81. The Morgan fingerprint density at radius 3 is 2.30 bits per heavy atom. The van der Waals surface area contributed by atoms with Gasteiger partial charge in [0.25, 0.3) is 0 Å². The van der Waals surface area contributed by atoms with Crippen LogP contribution >= 0.6 is 0 Å². The fourth-order valence-corrected chi connectivity index (χ4v) is 1.67. The quantitative estimate of drug-likeness (QED) is 0.652. The Morgan fingerprint density at radius 2 is 1.90 bits per heavy atom. The van der Waals surface area contributed by atoms with Crippen molar-refractivity contribution in [2.24, 2.45) is 5.92 Å². The Bertz CT molecular complexity index is 344. The molecule has 0 aromatic rings. The van der Waals surface area contributed by atoms with Gasteiger partial charge in [0, 0.05) is 12.6 Å². The van der Waals surface area contributed by atoms with Crippen LogP contribution in [0.5, 0.6) is 0 Å². The van der Waals surface area contributed by atoms with Crippen LogP contribution in [0.25, 0.3) is 0 Å². The molecule has 20 heavy (non-hydrogen) atoms. The summed E-state index contributed by atoms with van der Waals surface area (Å²) in [5.74, 6) is -2.07. The largest absolute Gasteiger partial charge is 0.481 e. The van der Waals surface area contributed by atoms with Crippen LogP contribution in [0.15, 0.2) is 0 Å². The highest BCUT2D eigenvalue weighted by molar-refractivity contribution is 5.81. The zero-order chi connectivity index (χ0) is 15.7. The number of amides is 2. The van der Waals surface area contributed by atoms with Gasteiger partial charge in [-0.05, 0) is 20.3 Å². The Hall–Kier alpha value is -1.79. The van der Waals surface area contributed by atoms with E-state index in [1.165, 1.54) is 12.0 Å². The molecule has 0 fully saturated rings. The van der Waals surface area contributed by atoms with Crippen LogP contribution in [0.1, 0.15) is 33.6 Å². The van der Waals surface area contributed by atoms with Crippen molar-refractivity contribution in [2.45, 2.75) is 39.7 Å². The predicted octanol–water partition coefficient (Wildman–Crippen LogP) is 1.08. The molecule has 0 heterocycles. The molecule has 0 aromatic heterocycles. The lowest BCUT2D eigenvalue weighted by atomic mass is 10.0. The molecule has 0 aliphatic carbocycles. The number of methoxy groups -OCH3 is 1. The van der Waals surface area contributed by atoms with E-state index in [-0.39, 0.29) is 19.1 Å². The average Bonchev–Trinajstić information content (AvgIpc) is 2.39. The average molecular weight is 288 g/mol. The molecule has 2 amide bonds. The number of carboxylic acid groups (broad SMARTS) is 1. The Labute approximate surface area is 119 Å². The summed E-state index contributed by atoms with van der Waals surface area (Å²) in [5.41, 5.74) is 0. The molecule has 1 unspecified atom stereocenters. The van der Waals surface area contributed by atoms with E-state index in [0.717, 1.165) is 6.42 Å². The highest BCUT2D eigenvalue weighted by atomic mass is 16.5. The zero-order valence-electron chi connectivity index (χ0n) is 12.5. The maximum absolute atomic E-state index is 12.0. The van der Waals surface area contributed by atoms with Gasteiger partial charge in [-0.15, -0.1) is 0 Å². The molecule has 2 N–H and O–H groups in total. The minimum Gasteiger partial charge on any atom is -0.481 e. The van der Waals surface area contributed by atoms with Crippen molar-refractivity contribution in [3.8, 4) is 0 Å². The number of rotatable bonds is 8. The van der Waals surface area contributed by atoms with Crippen LogP contribution in [-0.4, -0.2) is 54.2 Å². The summed E-state index contributed by atoms with van der Waals surface area (Å²) in [6.07, 6.45) is 1.22. The molecule has 1 atom stereocenters. The molecule has 0 aliphatic heterocycles. The Kier molecular flexibility index (Phi) is 8.35. The van der Waals surface area contributed by atoms with Gasteiger partial charge in [0.15, 0.2) is 0 Å². The molecule has 116 valence electrons. The number of aliphatic carboxylic acids is 1. The van der Waals surface area contributed by atoms with Gasteiger partial charge < -0.3 is 20.1 Å². The molecule has 0 spiro atoms. The molecule has 0 bridgehead atoms. The number of carbonyl (C=O) groups excluding carboxylic acids is 2.